The van der Waals surface area contributed by atoms with Gasteiger partial charge in [-0.1, -0.05) is 6.42 Å². The molecule has 2 atom stereocenters. The molecule has 3 nitrogen and oxygen atoms in total. The Hall–Kier alpha value is -0.780. The number of rotatable bonds is 3. The summed E-state index contributed by atoms with van der Waals surface area (Å²) in [6.07, 6.45) is -3.15. The van der Waals surface area contributed by atoms with Crippen LogP contribution >= 0.6 is 0 Å². The Kier molecular flexibility index (Phi) is 4.87. The standard InChI is InChI=1S/C13H23F3N2O/c1-12(2,8-17)18(3)11(19)9-5-4-6-10(7-9)13(14,15)16/h9-10H,4-8,17H2,1-3H3. The van der Waals surface area contributed by atoms with Crippen molar-refractivity contribution in [2.45, 2.75) is 51.2 Å². The first-order chi connectivity index (χ1) is 8.59. The number of alkyl halides is 3. The Morgan fingerprint density at radius 3 is 2.37 bits per heavy atom. The minimum absolute atomic E-state index is 0.0900. The third-order valence-electron chi connectivity index (χ3n) is 4.22. The number of likely N-dealkylation sites (N-methyl/N-ethyl adjacent to an activating group) is 1. The number of halogens is 3. The molecule has 0 spiro atoms. The smallest absolute Gasteiger partial charge is 0.339 e. The van der Waals surface area contributed by atoms with E-state index in [0.29, 0.717) is 12.8 Å². The van der Waals surface area contributed by atoms with Crippen molar-refractivity contribution in [3.05, 3.63) is 0 Å². The Bertz CT molecular complexity index is 328. The van der Waals surface area contributed by atoms with E-state index in [1.165, 1.54) is 4.90 Å². The molecule has 0 aliphatic heterocycles. The Morgan fingerprint density at radius 1 is 1.32 bits per heavy atom. The van der Waals surface area contributed by atoms with Crippen LogP contribution in [0.5, 0.6) is 0 Å². The number of amides is 1. The van der Waals surface area contributed by atoms with Gasteiger partial charge in [0.15, 0.2) is 0 Å². The molecule has 0 radical (unpaired) electrons. The van der Waals surface area contributed by atoms with Gasteiger partial charge in [-0.2, -0.15) is 13.2 Å². The van der Waals surface area contributed by atoms with Gasteiger partial charge in [0.2, 0.25) is 5.91 Å². The van der Waals surface area contributed by atoms with Crippen LogP contribution in [0.15, 0.2) is 0 Å². The zero-order valence-electron chi connectivity index (χ0n) is 11.8. The molecule has 19 heavy (non-hydrogen) atoms. The zero-order valence-corrected chi connectivity index (χ0v) is 11.8. The highest BCUT2D eigenvalue weighted by Gasteiger charge is 2.44. The number of nitrogens with zero attached hydrogens (tertiary/aromatic N) is 1. The van der Waals surface area contributed by atoms with Crippen molar-refractivity contribution < 1.29 is 18.0 Å². The predicted molar refractivity (Wildman–Crippen MR) is 67.4 cm³/mol. The van der Waals surface area contributed by atoms with Gasteiger partial charge < -0.3 is 10.6 Å². The number of nitrogens with two attached hydrogens (primary N) is 1. The van der Waals surface area contributed by atoms with E-state index in [1.54, 1.807) is 7.05 Å². The first-order valence-electron chi connectivity index (χ1n) is 6.64. The number of carbonyl (C=O) groups is 1. The molecule has 0 aromatic carbocycles. The summed E-state index contributed by atoms with van der Waals surface area (Å²) in [6, 6.07) is 0. The summed E-state index contributed by atoms with van der Waals surface area (Å²) in [5, 5.41) is 0. The summed E-state index contributed by atoms with van der Waals surface area (Å²) in [6.45, 7) is 3.91. The molecule has 1 aliphatic carbocycles. The summed E-state index contributed by atoms with van der Waals surface area (Å²) >= 11 is 0. The van der Waals surface area contributed by atoms with Crippen LogP contribution in [-0.4, -0.2) is 36.1 Å². The lowest BCUT2D eigenvalue weighted by atomic mass is 9.80. The van der Waals surface area contributed by atoms with Crippen molar-refractivity contribution in [3.63, 3.8) is 0 Å². The highest BCUT2D eigenvalue weighted by molar-refractivity contribution is 5.79. The van der Waals surface area contributed by atoms with E-state index in [4.69, 9.17) is 5.73 Å². The highest BCUT2D eigenvalue weighted by Crippen LogP contribution is 2.40. The number of carbonyl (C=O) groups excluding carboxylic acids is 1. The predicted octanol–water partition coefficient (Wildman–Crippen LogP) is 2.55. The molecular weight excluding hydrogens is 257 g/mol. The quantitative estimate of drug-likeness (QED) is 0.863. The second-order valence-corrected chi connectivity index (χ2v) is 6.02. The van der Waals surface area contributed by atoms with Crippen LogP contribution in [0, 0.1) is 11.8 Å². The summed E-state index contributed by atoms with van der Waals surface area (Å²) in [4.78, 5) is 13.8. The van der Waals surface area contributed by atoms with Crippen molar-refractivity contribution in [1.82, 2.24) is 4.90 Å². The van der Waals surface area contributed by atoms with Gasteiger partial charge >= 0.3 is 6.18 Å². The second-order valence-electron chi connectivity index (χ2n) is 6.02. The van der Waals surface area contributed by atoms with Gasteiger partial charge in [-0.3, -0.25) is 4.79 Å². The maximum absolute atomic E-state index is 12.7. The van der Waals surface area contributed by atoms with Gasteiger partial charge in [-0.25, -0.2) is 0 Å². The lowest BCUT2D eigenvalue weighted by molar-refractivity contribution is -0.187. The molecule has 1 rings (SSSR count). The molecule has 0 saturated heterocycles. The largest absolute Gasteiger partial charge is 0.391 e. The van der Waals surface area contributed by atoms with Gasteiger partial charge in [0.1, 0.15) is 0 Å². The van der Waals surface area contributed by atoms with Crippen LogP contribution in [0.2, 0.25) is 0 Å². The molecular formula is C13H23F3N2O. The first-order valence-corrected chi connectivity index (χ1v) is 6.64. The van der Waals surface area contributed by atoms with E-state index in [0.717, 1.165) is 0 Å². The fraction of sp³-hybridized carbons (Fsp3) is 0.923. The summed E-state index contributed by atoms with van der Waals surface area (Å²) < 4.78 is 38.2. The maximum atomic E-state index is 12.7. The van der Waals surface area contributed by atoms with Crippen LogP contribution in [0.25, 0.3) is 0 Å². The molecule has 1 fully saturated rings. The van der Waals surface area contributed by atoms with Gasteiger partial charge in [0, 0.05) is 25.0 Å². The van der Waals surface area contributed by atoms with Crippen LogP contribution in [0.4, 0.5) is 13.2 Å². The van der Waals surface area contributed by atoms with Gasteiger partial charge in [0.25, 0.3) is 0 Å². The molecule has 1 amide bonds. The summed E-state index contributed by atoms with van der Waals surface area (Å²) in [5.74, 6) is -2.09. The van der Waals surface area contributed by atoms with Crippen molar-refractivity contribution in [3.8, 4) is 0 Å². The number of hydrogen-bond donors (Lipinski definition) is 1. The second kappa shape index (κ2) is 5.69. The minimum atomic E-state index is -4.19. The highest BCUT2D eigenvalue weighted by atomic mass is 19.4. The molecule has 0 heterocycles. The maximum Gasteiger partial charge on any atom is 0.391 e. The lowest BCUT2D eigenvalue weighted by Gasteiger charge is -2.39. The Morgan fingerprint density at radius 2 is 1.89 bits per heavy atom. The van der Waals surface area contributed by atoms with Crippen molar-refractivity contribution >= 4 is 5.91 Å². The van der Waals surface area contributed by atoms with Crippen LogP contribution in [0.3, 0.4) is 0 Å². The van der Waals surface area contributed by atoms with E-state index in [-0.39, 0.29) is 25.3 Å². The van der Waals surface area contributed by atoms with Crippen molar-refractivity contribution in [2.75, 3.05) is 13.6 Å². The molecule has 2 N–H and O–H groups in total. The van der Waals surface area contributed by atoms with Crippen molar-refractivity contribution in [2.24, 2.45) is 17.6 Å². The average Bonchev–Trinajstić information content (AvgIpc) is 2.36. The zero-order chi connectivity index (χ0) is 14.8. The lowest BCUT2D eigenvalue weighted by Crippen LogP contribution is -2.52. The third kappa shape index (κ3) is 3.84. The molecule has 0 aromatic rings. The van der Waals surface area contributed by atoms with Crippen LogP contribution in [0.1, 0.15) is 39.5 Å². The van der Waals surface area contributed by atoms with E-state index in [9.17, 15) is 18.0 Å². The summed E-state index contributed by atoms with van der Waals surface area (Å²) in [5.41, 5.74) is 5.07. The first kappa shape index (κ1) is 16.3. The third-order valence-corrected chi connectivity index (χ3v) is 4.22. The van der Waals surface area contributed by atoms with Crippen LogP contribution in [-0.2, 0) is 4.79 Å². The van der Waals surface area contributed by atoms with Crippen LogP contribution < -0.4 is 5.73 Å². The van der Waals surface area contributed by atoms with Gasteiger partial charge in [-0.15, -0.1) is 0 Å². The average molecular weight is 280 g/mol. The Balaban J connectivity index is 2.72. The molecule has 0 bridgehead atoms. The Labute approximate surface area is 112 Å². The minimum Gasteiger partial charge on any atom is -0.339 e. The van der Waals surface area contributed by atoms with E-state index < -0.39 is 23.6 Å². The summed E-state index contributed by atoms with van der Waals surface area (Å²) in [7, 11) is 1.62. The fourth-order valence-electron chi connectivity index (χ4n) is 2.42. The monoisotopic (exact) mass is 280 g/mol. The van der Waals surface area contributed by atoms with Crippen molar-refractivity contribution in [1.29, 1.82) is 0 Å². The molecule has 112 valence electrons. The van der Waals surface area contributed by atoms with E-state index in [1.807, 2.05) is 13.8 Å². The fourth-order valence-corrected chi connectivity index (χ4v) is 2.42. The van der Waals surface area contributed by atoms with E-state index >= 15 is 0 Å². The molecule has 0 aromatic heterocycles. The van der Waals surface area contributed by atoms with Gasteiger partial charge in [0.05, 0.1) is 5.92 Å². The van der Waals surface area contributed by atoms with Gasteiger partial charge in [-0.05, 0) is 33.1 Å². The van der Waals surface area contributed by atoms with E-state index in [2.05, 4.69) is 0 Å². The normalized spacial score (nSPS) is 25.2. The molecule has 1 aliphatic rings. The molecule has 2 unspecified atom stereocenters. The number of hydrogen-bond acceptors (Lipinski definition) is 2. The SMILES string of the molecule is CN(C(=O)C1CCCC(C(F)(F)F)C1)C(C)(C)CN. The topological polar surface area (TPSA) is 46.3 Å². The molecule has 1 saturated carbocycles. The molecule has 6 heteroatoms.